The van der Waals surface area contributed by atoms with Gasteiger partial charge in [-0.25, -0.2) is 9.97 Å². The van der Waals surface area contributed by atoms with Crippen molar-refractivity contribution >= 4 is 54.5 Å². The number of hydrogen-bond acceptors (Lipinski definition) is 2. The minimum atomic E-state index is 0.707. The first-order chi connectivity index (χ1) is 26.8. The Bertz CT molecular complexity index is 3210. The Balaban J connectivity index is 1.08. The molecular formula is C50H32N4. The fourth-order valence-electron chi connectivity index (χ4n) is 8.24. The normalized spacial score (nSPS) is 11.7. The fourth-order valence-corrected chi connectivity index (χ4v) is 8.24. The standard InChI is InChI=1S/C50H32N4/c1-3-14-33(15-4-1)49-42-22-7-10-23-44(42)51-50(52-49)36-16-13-19-38(30-36)54-45-24-11-8-20-39(45)41-28-26-35(32-48(41)54)34-27-29-47-43(31-34)40-21-9-12-25-46(40)53(47)37-17-5-2-6-18-37/h1-32H. The predicted octanol–water partition coefficient (Wildman–Crippen LogP) is 12.8. The van der Waals surface area contributed by atoms with Gasteiger partial charge in [-0.05, 0) is 71.8 Å². The first kappa shape index (κ1) is 30.3. The predicted molar refractivity (Wildman–Crippen MR) is 225 cm³/mol. The van der Waals surface area contributed by atoms with E-state index in [1.165, 1.54) is 43.7 Å². The Morgan fingerprint density at radius 1 is 0.296 bits per heavy atom. The zero-order valence-corrected chi connectivity index (χ0v) is 29.3. The molecular weight excluding hydrogens is 657 g/mol. The van der Waals surface area contributed by atoms with Crippen molar-refractivity contribution < 1.29 is 0 Å². The van der Waals surface area contributed by atoms with Crippen LogP contribution in [0.25, 0.3) is 99.7 Å². The number of hydrogen-bond donors (Lipinski definition) is 0. The number of para-hydroxylation sites is 4. The smallest absolute Gasteiger partial charge is 0.160 e. The van der Waals surface area contributed by atoms with E-state index in [4.69, 9.17) is 9.97 Å². The summed E-state index contributed by atoms with van der Waals surface area (Å²) in [6.45, 7) is 0. The van der Waals surface area contributed by atoms with E-state index in [9.17, 15) is 0 Å². The average molecular weight is 689 g/mol. The lowest BCUT2D eigenvalue weighted by Gasteiger charge is -2.12. The molecule has 4 heteroatoms. The van der Waals surface area contributed by atoms with Gasteiger partial charge in [-0.1, -0.05) is 133 Å². The van der Waals surface area contributed by atoms with Crippen LogP contribution in [-0.2, 0) is 0 Å². The van der Waals surface area contributed by atoms with E-state index in [1.54, 1.807) is 0 Å². The lowest BCUT2D eigenvalue weighted by atomic mass is 10.0. The number of aromatic nitrogens is 4. The fraction of sp³-hybridized carbons (Fsp3) is 0. The Hall–Kier alpha value is -7.30. The summed E-state index contributed by atoms with van der Waals surface area (Å²) < 4.78 is 4.75. The van der Waals surface area contributed by atoms with Crippen molar-refractivity contribution in [2.75, 3.05) is 0 Å². The molecule has 0 spiro atoms. The van der Waals surface area contributed by atoms with Gasteiger partial charge in [-0.2, -0.15) is 0 Å². The number of nitrogens with zero attached hydrogens (tertiary/aromatic N) is 4. The highest BCUT2D eigenvalue weighted by Crippen LogP contribution is 2.39. The third-order valence-corrected chi connectivity index (χ3v) is 10.7. The topological polar surface area (TPSA) is 35.6 Å². The molecule has 0 radical (unpaired) electrons. The van der Waals surface area contributed by atoms with Gasteiger partial charge in [0.2, 0.25) is 0 Å². The Morgan fingerprint density at radius 3 is 1.65 bits per heavy atom. The molecule has 0 amide bonds. The molecule has 4 nitrogen and oxygen atoms in total. The second-order valence-corrected chi connectivity index (χ2v) is 13.8. The summed E-state index contributed by atoms with van der Waals surface area (Å²) in [6, 6.07) is 69.1. The largest absolute Gasteiger partial charge is 0.309 e. The summed E-state index contributed by atoms with van der Waals surface area (Å²) >= 11 is 0. The lowest BCUT2D eigenvalue weighted by molar-refractivity contribution is 1.17. The first-order valence-electron chi connectivity index (χ1n) is 18.3. The highest BCUT2D eigenvalue weighted by atomic mass is 15.0. The van der Waals surface area contributed by atoms with Gasteiger partial charge in [0.05, 0.1) is 33.3 Å². The molecule has 0 saturated heterocycles. The molecule has 0 fully saturated rings. The molecule has 0 aliphatic carbocycles. The van der Waals surface area contributed by atoms with E-state index in [-0.39, 0.29) is 0 Å². The zero-order chi connectivity index (χ0) is 35.6. The van der Waals surface area contributed by atoms with Gasteiger partial charge in [-0.3, -0.25) is 0 Å². The molecule has 0 aliphatic heterocycles. The second-order valence-electron chi connectivity index (χ2n) is 13.8. The van der Waals surface area contributed by atoms with Crippen LogP contribution in [0.4, 0.5) is 0 Å². The maximum Gasteiger partial charge on any atom is 0.160 e. The third kappa shape index (κ3) is 4.78. The molecule has 3 heterocycles. The Kier molecular flexibility index (Phi) is 6.82. The van der Waals surface area contributed by atoms with Crippen molar-refractivity contribution in [1.82, 2.24) is 19.1 Å². The van der Waals surface area contributed by atoms with Crippen molar-refractivity contribution in [3.05, 3.63) is 194 Å². The molecule has 0 atom stereocenters. The van der Waals surface area contributed by atoms with Crippen molar-refractivity contribution in [3.8, 4) is 45.1 Å². The van der Waals surface area contributed by atoms with Crippen LogP contribution in [0, 0.1) is 0 Å². The Morgan fingerprint density at radius 2 is 0.852 bits per heavy atom. The molecule has 8 aromatic carbocycles. The van der Waals surface area contributed by atoms with Gasteiger partial charge in [0.1, 0.15) is 0 Å². The van der Waals surface area contributed by atoms with E-state index in [2.05, 4.69) is 191 Å². The van der Waals surface area contributed by atoms with E-state index in [0.717, 1.165) is 50.1 Å². The summed E-state index contributed by atoms with van der Waals surface area (Å²) in [5.74, 6) is 0.707. The van der Waals surface area contributed by atoms with Crippen LogP contribution in [-0.4, -0.2) is 19.1 Å². The Labute approximate surface area is 311 Å². The van der Waals surface area contributed by atoms with Crippen LogP contribution in [0.2, 0.25) is 0 Å². The number of fused-ring (bicyclic) bond motifs is 7. The summed E-state index contributed by atoms with van der Waals surface area (Å²) in [7, 11) is 0. The quantitative estimate of drug-likeness (QED) is 0.180. The van der Waals surface area contributed by atoms with E-state index in [0.29, 0.717) is 5.82 Å². The molecule has 11 rings (SSSR count). The van der Waals surface area contributed by atoms with E-state index < -0.39 is 0 Å². The highest BCUT2D eigenvalue weighted by Gasteiger charge is 2.17. The van der Waals surface area contributed by atoms with Gasteiger partial charge in [0, 0.05) is 49.4 Å². The number of rotatable bonds is 5. The minimum Gasteiger partial charge on any atom is -0.309 e. The maximum absolute atomic E-state index is 5.19. The SMILES string of the molecule is c1ccc(-c2nc(-c3cccc(-n4c5ccccc5c5ccc(-c6ccc7c(c6)c6ccccc6n7-c6ccccc6)cc54)c3)nc3ccccc23)cc1. The van der Waals surface area contributed by atoms with Crippen molar-refractivity contribution in [2.24, 2.45) is 0 Å². The van der Waals surface area contributed by atoms with Crippen LogP contribution in [0.15, 0.2) is 194 Å². The van der Waals surface area contributed by atoms with Crippen LogP contribution >= 0.6 is 0 Å². The molecule has 3 aromatic heterocycles. The molecule has 0 aliphatic rings. The van der Waals surface area contributed by atoms with Crippen LogP contribution in [0.3, 0.4) is 0 Å². The van der Waals surface area contributed by atoms with Crippen LogP contribution in [0.5, 0.6) is 0 Å². The molecule has 252 valence electrons. The lowest BCUT2D eigenvalue weighted by Crippen LogP contribution is -1.98. The average Bonchev–Trinajstić information content (AvgIpc) is 3.76. The number of benzene rings is 8. The van der Waals surface area contributed by atoms with Crippen LogP contribution < -0.4 is 0 Å². The molecule has 0 unspecified atom stereocenters. The van der Waals surface area contributed by atoms with Crippen molar-refractivity contribution in [3.63, 3.8) is 0 Å². The summed E-state index contributed by atoms with van der Waals surface area (Å²) in [4.78, 5) is 10.3. The molecule has 11 aromatic rings. The molecule has 0 bridgehead atoms. The van der Waals surface area contributed by atoms with Crippen molar-refractivity contribution in [2.45, 2.75) is 0 Å². The monoisotopic (exact) mass is 688 g/mol. The van der Waals surface area contributed by atoms with Crippen LogP contribution in [0.1, 0.15) is 0 Å². The minimum absolute atomic E-state index is 0.707. The maximum atomic E-state index is 5.19. The van der Waals surface area contributed by atoms with Crippen molar-refractivity contribution in [1.29, 1.82) is 0 Å². The van der Waals surface area contributed by atoms with Gasteiger partial charge in [0.25, 0.3) is 0 Å². The zero-order valence-electron chi connectivity index (χ0n) is 29.3. The highest BCUT2D eigenvalue weighted by molar-refractivity contribution is 6.12. The van der Waals surface area contributed by atoms with E-state index >= 15 is 0 Å². The van der Waals surface area contributed by atoms with Gasteiger partial charge in [-0.15, -0.1) is 0 Å². The molecule has 0 N–H and O–H groups in total. The third-order valence-electron chi connectivity index (χ3n) is 10.7. The summed E-state index contributed by atoms with van der Waals surface area (Å²) in [5.41, 5.74) is 13.2. The molecule has 54 heavy (non-hydrogen) atoms. The summed E-state index contributed by atoms with van der Waals surface area (Å²) in [5, 5.41) is 5.97. The van der Waals surface area contributed by atoms with Gasteiger partial charge < -0.3 is 9.13 Å². The first-order valence-corrected chi connectivity index (χ1v) is 18.3. The second kappa shape index (κ2) is 12.1. The van der Waals surface area contributed by atoms with Gasteiger partial charge >= 0.3 is 0 Å². The van der Waals surface area contributed by atoms with E-state index in [1.807, 2.05) is 12.1 Å². The van der Waals surface area contributed by atoms with Gasteiger partial charge in [0.15, 0.2) is 5.82 Å². The summed E-state index contributed by atoms with van der Waals surface area (Å²) in [6.07, 6.45) is 0. The molecule has 0 saturated carbocycles.